The molecule has 1 aliphatic rings. The molecule has 5 heteroatoms. The van der Waals surface area contributed by atoms with E-state index in [0.29, 0.717) is 18.7 Å². The van der Waals surface area contributed by atoms with E-state index in [1.54, 1.807) is 6.07 Å². The smallest absolute Gasteiger partial charge is 0.270 e. The van der Waals surface area contributed by atoms with Crippen molar-refractivity contribution >= 4 is 22.7 Å². The molecule has 0 radical (unpaired) electrons. The van der Waals surface area contributed by atoms with Gasteiger partial charge in [-0.05, 0) is 18.6 Å². The highest BCUT2D eigenvalue weighted by Crippen LogP contribution is 2.12. The van der Waals surface area contributed by atoms with Gasteiger partial charge in [-0.1, -0.05) is 24.3 Å². The number of carbonyl (C=O) groups is 2. The fraction of sp³-hybridized carbons (Fsp3) is 0.267. The summed E-state index contributed by atoms with van der Waals surface area (Å²) in [6, 6.07) is 11.1. The zero-order chi connectivity index (χ0) is 13.9. The van der Waals surface area contributed by atoms with E-state index >= 15 is 0 Å². The first kappa shape index (κ1) is 12.6. The van der Waals surface area contributed by atoms with Gasteiger partial charge in [-0.2, -0.15) is 0 Å². The van der Waals surface area contributed by atoms with Crippen LogP contribution in [0.4, 0.5) is 0 Å². The van der Waals surface area contributed by atoms with Crippen molar-refractivity contribution in [3.63, 3.8) is 0 Å². The highest BCUT2D eigenvalue weighted by Gasteiger charge is 2.21. The molecular weight excluding hydrogens is 254 g/mol. The Balaban J connectivity index is 1.76. The van der Waals surface area contributed by atoms with Crippen LogP contribution < -0.4 is 10.6 Å². The zero-order valence-electron chi connectivity index (χ0n) is 10.9. The number of hydrogen-bond donors (Lipinski definition) is 2. The van der Waals surface area contributed by atoms with Crippen LogP contribution in [0, 0.1) is 0 Å². The monoisotopic (exact) mass is 269 g/mol. The number of carbonyl (C=O) groups excluding carboxylic acids is 2. The summed E-state index contributed by atoms with van der Waals surface area (Å²) in [5, 5.41) is 6.61. The Kier molecular flexibility index (Phi) is 3.33. The molecule has 0 aliphatic carbocycles. The Morgan fingerprint density at radius 2 is 2.10 bits per heavy atom. The van der Waals surface area contributed by atoms with Crippen molar-refractivity contribution in [3.8, 4) is 0 Å². The Hall–Kier alpha value is -2.43. The number of nitrogens with one attached hydrogen (secondary N) is 2. The lowest BCUT2D eigenvalue weighted by atomic mass is 10.1. The van der Waals surface area contributed by atoms with Crippen LogP contribution in [0.5, 0.6) is 0 Å². The molecule has 1 aromatic heterocycles. The average molecular weight is 269 g/mol. The average Bonchev–Trinajstić information content (AvgIpc) is 2.47. The van der Waals surface area contributed by atoms with Gasteiger partial charge in [0.25, 0.3) is 5.91 Å². The first-order valence-electron chi connectivity index (χ1n) is 6.66. The summed E-state index contributed by atoms with van der Waals surface area (Å²) in [6.07, 6.45) is 1.09. The summed E-state index contributed by atoms with van der Waals surface area (Å²) < 4.78 is 0. The number of aromatic nitrogens is 1. The lowest BCUT2D eigenvalue weighted by molar-refractivity contribution is -0.122. The van der Waals surface area contributed by atoms with Gasteiger partial charge in [0.15, 0.2) is 0 Å². The minimum absolute atomic E-state index is 0.0204. The molecule has 0 bridgehead atoms. The van der Waals surface area contributed by atoms with Gasteiger partial charge in [0.2, 0.25) is 5.91 Å². The van der Waals surface area contributed by atoms with Crippen molar-refractivity contribution in [3.05, 3.63) is 42.1 Å². The van der Waals surface area contributed by atoms with Crippen molar-refractivity contribution in [2.45, 2.75) is 18.9 Å². The third-order valence-electron chi connectivity index (χ3n) is 3.41. The summed E-state index contributed by atoms with van der Waals surface area (Å²) >= 11 is 0. The van der Waals surface area contributed by atoms with Crippen molar-refractivity contribution in [2.24, 2.45) is 0 Å². The maximum absolute atomic E-state index is 12.2. The second-order valence-electron chi connectivity index (χ2n) is 4.90. The van der Waals surface area contributed by atoms with Crippen LogP contribution in [0.1, 0.15) is 23.3 Å². The number of rotatable bonds is 2. The van der Waals surface area contributed by atoms with Gasteiger partial charge < -0.3 is 10.6 Å². The van der Waals surface area contributed by atoms with Crippen molar-refractivity contribution in [1.82, 2.24) is 15.6 Å². The van der Waals surface area contributed by atoms with E-state index in [4.69, 9.17) is 0 Å². The maximum Gasteiger partial charge on any atom is 0.270 e. The number of piperidine rings is 1. The second kappa shape index (κ2) is 5.28. The fourth-order valence-electron chi connectivity index (χ4n) is 2.36. The van der Waals surface area contributed by atoms with Gasteiger partial charge in [0, 0.05) is 24.4 Å². The van der Waals surface area contributed by atoms with E-state index in [0.717, 1.165) is 17.3 Å². The Labute approximate surface area is 116 Å². The summed E-state index contributed by atoms with van der Waals surface area (Å²) in [5.74, 6) is -0.247. The van der Waals surface area contributed by atoms with Crippen molar-refractivity contribution in [1.29, 1.82) is 0 Å². The summed E-state index contributed by atoms with van der Waals surface area (Å²) in [4.78, 5) is 27.8. The molecule has 2 N–H and O–H groups in total. The van der Waals surface area contributed by atoms with Gasteiger partial charge in [-0.25, -0.2) is 4.98 Å². The predicted molar refractivity (Wildman–Crippen MR) is 75.2 cm³/mol. The normalized spacial score (nSPS) is 18.6. The molecule has 1 fully saturated rings. The van der Waals surface area contributed by atoms with Crippen molar-refractivity contribution in [2.75, 3.05) is 6.54 Å². The number of para-hydroxylation sites is 1. The van der Waals surface area contributed by atoms with E-state index in [2.05, 4.69) is 15.6 Å². The quantitative estimate of drug-likeness (QED) is 0.861. The number of hydrogen-bond acceptors (Lipinski definition) is 3. The lowest BCUT2D eigenvalue weighted by Crippen LogP contribution is -2.45. The largest absolute Gasteiger partial charge is 0.356 e. The van der Waals surface area contributed by atoms with E-state index in [9.17, 15) is 9.59 Å². The van der Waals surface area contributed by atoms with Gasteiger partial charge in [0.05, 0.1) is 5.52 Å². The molecule has 102 valence electrons. The number of amides is 2. The Morgan fingerprint density at radius 1 is 1.25 bits per heavy atom. The van der Waals surface area contributed by atoms with E-state index in [1.807, 2.05) is 30.3 Å². The minimum atomic E-state index is -0.226. The van der Waals surface area contributed by atoms with Crippen LogP contribution in [0.15, 0.2) is 36.4 Å². The van der Waals surface area contributed by atoms with Crippen LogP contribution in [-0.2, 0) is 4.79 Å². The van der Waals surface area contributed by atoms with E-state index in [1.165, 1.54) is 0 Å². The van der Waals surface area contributed by atoms with Crippen LogP contribution >= 0.6 is 0 Å². The summed E-state index contributed by atoms with van der Waals surface area (Å²) in [7, 11) is 0. The number of pyridine rings is 1. The highest BCUT2D eigenvalue weighted by molar-refractivity contribution is 5.95. The fourth-order valence-corrected chi connectivity index (χ4v) is 2.36. The molecular formula is C15H15N3O2. The molecule has 2 aromatic rings. The highest BCUT2D eigenvalue weighted by atomic mass is 16.2. The third-order valence-corrected chi connectivity index (χ3v) is 3.41. The number of nitrogens with zero attached hydrogens (tertiary/aromatic N) is 1. The summed E-state index contributed by atoms with van der Waals surface area (Å²) in [5.41, 5.74) is 1.18. The number of benzene rings is 1. The first-order valence-corrected chi connectivity index (χ1v) is 6.66. The number of fused-ring (bicyclic) bond motifs is 1. The van der Waals surface area contributed by atoms with Gasteiger partial charge in [0.1, 0.15) is 5.69 Å². The van der Waals surface area contributed by atoms with Gasteiger partial charge >= 0.3 is 0 Å². The lowest BCUT2D eigenvalue weighted by Gasteiger charge is -2.22. The van der Waals surface area contributed by atoms with E-state index < -0.39 is 0 Å². The molecule has 1 saturated heterocycles. The van der Waals surface area contributed by atoms with Gasteiger partial charge in [-0.15, -0.1) is 0 Å². The predicted octanol–water partition coefficient (Wildman–Crippen LogP) is 1.24. The molecule has 0 spiro atoms. The Morgan fingerprint density at radius 3 is 2.95 bits per heavy atom. The van der Waals surface area contributed by atoms with E-state index in [-0.39, 0.29) is 17.9 Å². The molecule has 2 heterocycles. The van der Waals surface area contributed by atoms with Crippen LogP contribution in [0.25, 0.3) is 10.9 Å². The SMILES string of the molecule is O=C1CC(NC(=O)c2ccc3ccccc3n2)CCN1. The minimum Gasteiger partial charge on any atom is -0.356 e. The van der Waals surface area contributed by atoms with Crippen LogP contribution in [0.3, 0.4) is 0 Å². The topological polar surface area (TPSA) is 71.1 Å². The molecule has 1 aromatic carbocycles. The van der Waals surface area contributed by atoms with Crippen LogP contribution in [-0.4, -0.2) is 29.4 Å². The zero-order valence-corrected chi connectivity index (χ0v) is 10.9. The molecule has 1 unspecified atom stereocenters. The molecule has 0 saturated carbocycles. The third kappa shape index (κ3) is 2.61. The second-order valence-corrected chi connectivity index (χ2v) is 4.90. The molecule has 3 rings (SSSR count). The standard InChI is InChI=1S/C15H15N3O2/c19-14-9-11(7-8-16-14)17-15(20)13-6-5-10-3-1-2-4-12(10)18-13/h1-6,11H,7-9H2,(H,16,19)(H,17,20). The summed E-state index contributed by atoms with van der Waals surface area (Å²) in [6.45, 7) is 0.606. The molecule has 1 atom stereocenters. The molecule has 20 heavy (non-hydrogen) atoms. The van der Waals surface area contributed by atoms with Gasteiger partial charge in [-0.3, -0.25) is 9.59 Å². The van der Waals surface area contributed by atoms with Crippen LogP contribution in [0.2, 0.25) is 0 Å². The molecule has 1 aliphatic heterocycles. The maximum atomic E-state index is 12.2. The molecule has 2 amide bonds. The first-order chi connectivity index (χ1) is 9.72. The van der Waals surface area contributed by atoms with Crippen molar-refractivity contribution < 1.29 is 9.59 Å². The Bertz CT molecular complexity index is 669. The molecule has 5 nitrogen and oxygen atoms in total.